The normalized spacial score (nSPS) is 10.2. The van der Waals surface area contributed by atoms with Crippen molar-refractivity contribution in [2.24, 2.45) is 0 Å². The summed E-state index contributed by atoms with van der Waals surface area (Å²) in [4.78, 5) is 12.0. The molecular weight excluding hydrogens is 255 g/mol. The number of benzene rings is 2. The Labute approximate surface area is 110 Å². The fourth-order valence-corrected chi connectivity index (χ4v) is 1.87. The number of Topliss-reactive ketones (excluding diaryl/α,β-unsaturated/α-hetero) is 1. The fourth-order valence-electron chi connectivity index (χ4n) is 1.55. The largest absolute Gasteiger partial charge is 0.294 e. The lowest BCUT2D eigenvalue weighted by Gasteiger charge is -2.02. The third kappa shape index (κ3) is 3.32. The van der Waals surface area contributed by atoms with E-state index in [1.165, 1.54) is 0 Å². The van der Waals surface area contributed by atoms with E-state index in [4.69, 9.17) is 23.2 Å². The minimum atomic E-state index is 0.0508. The summed E-state index contributed by atoms with van der Waals surface area (Å²) in [6.07, 6.45) is 0.359. The number of rotatable bonds is 3. The zero-order chi connectivity index (χ0) is 12.3. The summed E-state index contributed by atoms with van der Waals surface area (Å²) in [5.41, 5.74) is 1.58. The number of carbonyl (C=O) groups excluding carboxylic acids is 1. The van der Waals surface area contributed by atoms with Crippen LogP contribution in [0.25, 0.3) is 0 Å². The first kappa shape index (κ1) is 12.2. The lowest BCUT2D eigenvalue weighted by Crippen LogP contribution is -2.03. The van der Waals surface area contributed by atoms with Crippen molar-refractivity contribution in [2.75, 3.05) is 0 Å². The topological polar surface area (TPSA) is 17.1 Å². The molecule has 0 saturated carbocycles. The Morgan fingerprint density at radius 2 is 1.65 bits per heavy atom. The second-order valence-electron chi connectivity index (χ2n) is 3.74. The molecule has 0 aromatic heterocycles. The van der Waals surface area contributed by atoms with Crippen LogP contribution in [0.5, 0.6) is 0 Å². The molecule has 2 rings (SSSR count). The fraction of sp³-hybridized carbons (Fsp3) is 0.0714. The van der Waals surface area contributed by atoms with Crippen LogP contribution in [0.2, 0.25) is 10.0 Å². The lowest BCUT2D eigenvalue weighted by atomic mass is 10.0. The van der Waals surface area contributed by atoms with Crippen LogP contribution < -0.4 is 0 Å². The van der Waals surface area contributed by atoms with Gasteiger partial charge in [0.1, 0.15) is 0 Å². The second-order valence-corrected chi connectivity index (χ2v) is 4.61. The molecule has 1 nitrogen and oxygen atoms in total. The predicted molar refractivity (Wildman–Crippen MR) is 70.9 cm³/mol. The minimum absolute atomic E-state index is 0.0508. The Morgan fingerprint density at radius 1 is 0.941 bits per heavy atom. The SMILES string of the molecule is O=C(Cc1ccc(Cl)cc1)c1cccc(Cl)c1. The van der Waals surface area contributed by atoms with Gasteiger partial charge in [0.15, 0.2) is 5.78 Å². The van der Waals surface area contributed by atoms with E-state index in [1.807, 2.05) is 12.1 Å². The Morgan fingerprint density at radius 3 is 2.29 bits per heavy atom. The van der Waals surface area contributed by atoms with Crippen LogP contribution in [0.1, 0.15) is 15.9 Å². The number of hydrogen-bond donors (Lipinski definition) is 0. The van der Waals surface area contributed by atoms with Crippen molar-refractivity contribution < 1.29 is 4.79 Å². The molecule has 0 bridgehead atoms. The second kappa shape index (κ2) is 5.35. The molecule has 3 heteroatoms. The average molecular weight is 265 g/mol. The molecule has 17 heavy (non-hydrogen) atoms. The van der Waals surface area contributed by atoms with Gasteiger partial charge in [-0.25, -0.2) is 0 Å². The van der Waals surface area contributed by atoms with E-state index in [0.717, 1.165) is 5.56 Å². The smallest absolute Gasteiger partial charge is 0.167 e. The molecule has 0 N–H and O–H groups in total. The van der Waals surface area contributed by atoms with Crippen LogP contribution in [0, 0.1) is 0 Å². The van der Waals surface area contributed by atoms with Crippen molar-refractivity contribution in [1.29, 1.82) is 0 Å². The van der Waals surface area contributed by atoms with Gasteiger partial charge in [-0.3, -0.25) is 4.79 Å². The van der Waals surface area contributed by atoms with Crippen LogP contribution >= 0.6 is 23.2 Å². The summed E-state index contributed by atoms with van der Waals surface area (Å²) >= 11 is 11.6. The minimum Gasteiger partial charge on any atom is -0.294 e. The van der Waals surface area contributed by atoms with Crippen molar-refractivity contribution in [3.8, 4) is 0 Å². The van der Waals surface area contributed by atoms with Crippen LogP contribution in [-0.2, 0) is 6.42 Å². The first-order valence-electron chi connectivity index (χ1n) is 5.18. The summed E-state index contributed by atoms with van der Waals surface area (Å²) in [5, 5.41) is 1.25. The Balaban J connectivity index is 2.14. The van der Waals surface area contributed by atoms with E-state index in [1.54, 1.807) is 36.4 Å². The van der Waals surface area contributed by atoms with Crippen LogP contribution in [0.15, 0.2) is 48.5 Å². The molecule has 2 aromatic rings. The van der Waals surface area contributed by atoms with E-state index < -0.39 is 0 Å². The Bertz CT molecular complexity index is 532. The molecule has 0 radical (unpaired) electrons. The summed E-state index contributed by atoms with van der Waals surface area (Å²) < 4.78 is 0. The highest BCUT2D eigenvalue weighted by Crippen LogP contribution is 2.15. The van der Waals surface area contributed by atoms with E-state index in [9.17, 15) is 4.79 Å². The van der Waals surface area contributed by atoms with Gasteiger partial charge < -0.3 is 0 Å². The molecule has 0 amide bonds. The van der Waals surface area contributed by atoms with Gasteiger partial charge in [-0.2, -0.15) is 0 Å². The monoisotopic (exact) mass is 264 g/mol. The number of halogens is 2. The van der Waals surface area contributed by atoms with Gasteiger partial charge in [0.2, 0.25) is 0 Å². The van der Waals surface area contributed by atoms with Crippen LogP contribution in [0.4, 0.5) is 0 Å². The highest BCUT2D eigenvalue weighted by molar-refractivity contribution is 6.31. The molecule has 0 aliphatic carbocycles. The summed E-state index contributed by atoms with van der Waals surface area (Å²) in [7, 11) is 0. The van der Waals surface area contributed by atoms with E-state index in [2.05, 4.69) is 0 Å². The maximum absolute atomic E-state index is 12.0. The summed E-state index contributed by atoms with van der Waals surface area (Å²) in [6, 6.07) is 14.2. The molecule has 0 atom stereocenters. The van der Waals surface area contributed by atoms with Crippen molar-refractivity contribution >= 4 is 29.0 Å². The maximum atomic E-state index is 12.0. The average Bonchev–Trinajstić information content (AvgIpc) is 2.32. The van der Waals surface area contributed by atoms with Gasteiger partial charge in [-0.15, -0.1) is 0 Å². The first-order chi connectivity index (χ1) is 8.15. The third-order valence-corrected chi connectivity index (χ3v) is 2.91. The maximum Gasteiger partial charge on any atom is 0.167 e. The Hall–Kier alpha value is -1.31. The number of carbonyl (C=O) groups is 1. The number of ketones is 1. The molecular formula is C14H10Cl2O. The molecule has 0 fully saturated rings. The van der Waals surface area contributed by atoms with Crippen molar-refractivity contribution in [2.45, 2.75) is 6.42 Å². The van der Waals surface area contributed by atoms with E-state index in [0.29, 0.717) is 22.0 Å². The molecule has 0 aliphatic heterocycles. The zero-order valence-corrected chi connectivity index (χ0v) is 10.5. The van der Waals surface area contributed by atoms with Crippen LogP contribution in [0.3, 0.4) is 0 Å². The van der Waals surface area contributed by atoms with Crippen LogP contribution in [-0.4, -0.2) is 5.78 Å². The van der Waals surface area contributed by atoms with Crippen molar-refractivity contribution in [3.63, 3.8) is 0 Å². The molecule has 0 unspecified atom stereocenters. The number of hydrogen-bond acceptors (Lipinski definition) is 1. The van der Waals surface area contributed by atoms with Gasteiger partial charge in [0.05, 0.1) is 0 Å². The first-order valence-corrected chi connectivity index (χ1v) is 5.94. The standard InChI is InChI=1S/C14H10Cl2O/c15-12-6-4-10(5-7-12)8-14(17)11-2-1-3-13(16)9-11/h1-7,9H,8H2. The highest BCUT2D eigenvalue weighted by Gasteiger charge is 2.07. The molecule has 86 valence electrons. The highest BCUT2D eigenvalue weighted by atomic mass is 35.5. The van der Waals surface area contributed by atoms with Gasteiger partial charge in [-0.05, 0) is 29.8 Å². The molecule has 2 aromatic carbocycles. The van der Waals surface area contributed by atoms with Gasteiger partial charge in [-0.1, -0.05) is 47.5 Å². The summed E-state index contributed by atoms with van der Waals surface area (Å²) in [5.74, 6) is 0.0508. The lowest BCUT2D eigenvalue weighted by molar-refractivity contribution is 0.0993. The predicted octanol–water partition coefficient (Wildman–Crippen LogP) is 4.42. The Kier molecular flexibility index (Phi) is 3.82. The van der Waals surface area contributed by atoms with Gasteiger partial charge in [0.25, 0.3) is 0 Å². The third-order valence-electron chi connectivity index (χ3n) is 2.42. The molecule has 0 spiro atoms. The molecule has 0 saturated heterocycles. The quantitative estimate of drug-likeness (QED) is 0.751. The molecule has 0 aliphatic rings. The van der Waals surface area contributed by atoms with Crippen molar-refractivity contribution in [3.05, 3.63) is 69.7 Å². The summed E-state index contributed by atoms with van der Waals surface area (Å²) in [6.45, 7) is 0. The zero-order valence-electron chi connectivity index (χ0n) is 8.99. The van der Waals surface area contributed by atoms with Gasteiger partial charge >= 0.3 is 0 Å². The van der Waals surface area contributed by atoms with E-state index >= 15 is 0 Å². The van der Waals surface area contributed by atoms with Gasteiger partial charge in [0, 0.05) is 22.0 Å². The van der Waals surface area contributed by atoms with Crippen molar-refractivity contribution in [1.82, 2.24) is 0 Å². The van der Waals surface area contributed by atoms with E-state index in [-0.39, 0.29) is 5.78 Å². The molecule has 0 heterocycles.